The summed E-state index contributed by atoms with van der Waals surface area (Å²) in [5.74, 6) is -0.687. The van der Waals surface area contributed by atoms with Crippen molar-refractivity contribution in [2.45, 2.75) is 6.61 Å². The third-order valence-corrected chi connectivity index (χ3v) is 6.42. The Hall–Kier alpha value is -3.43. The van der Waals surface area contributed by atoms with Gasteiger partial charge in [-0.15, -0.1) is 0 Å². The summed E-state index contributed by atoms with van der Waals surface area (Å²) in [5.41, 5.74) is 2.09. The number of hydrogen-bond acceptors (Lipinski definition) is 5. The van der Waals surface area contributed by atoms with Crippen LogP contribution >= 0.6 is 27.7 Å². The van der Waals surface area contributed by atoms with Crippen molar-refractivity contribution in [2.24, 2.45) is 0 Å². The quantitative estimate of drug-likeness (QED) is 0.381. The molecule has 1 fully saturated rings. The molecule has 0 radical (unpaired) electrons. The van der Waals surface area contributed by atoms with Crippen LogP contribution in [0.5, 0.6) is 5.75 Å². The fraction of sp³-hybridized carbons (Fsp3) is 0.0800. The van der Waals surface area contributed by atoms with Crippen LogP contribution in [0.4, 0.5) is 14.9 Å². The van der Waals surface area contributed by atoms with Crippen LogP contribution in [0.2, 0.25) is 0 Å². The summed E-state index contributed by atoms with van der Waals surface area (Å²) in [6.45, 7) is -0.0837. The zero-order valence-corrected chi connectivity index (χ0v) is 20.1. The number of rotatable bonds is 7. The van der Waals surface area contributed by atoms with Crippen molar-refractivity contribution in [3.8, 4) is 5.75 Å². The molecular weight excluding hydrogens is 523 g/mol. The second-order valence-electron chi connectivity index (χ2n) is 7.28. The highest BCUT2D eigenvalue weighted by atomic mass is 79.9. The van der Waals surface area contributed by atoms with Gasteiger partial charge < -0.3 is 10.1 Å². The number of carbonyl (C=O) groups excluding carboxylic acids is 3. The first-order chi connectivity index (χ1) is 16.4. The lowest BCUT2D eigenvalue weighted by Crippen LogP contribution is -2.36. The fourth-order valence-electron chi connectivity index (χ4n) is 3.09. The monoisotopic (exact) mass is 540 g/mol. The highest BCUT2D eigenvalue weighted by Crippen LogP contribution is 2.32. The molecule has 3 aromatic carbocycles. The zero-order chi connectivity index (χ0) is 24.1. The van der Waals surface area contributed by atoms with E-state index in [1.54, 1.807) is 60.7 Å². The predicted molar refractivity (Wildman–Crippen MR) is 133 cm³/mol. The Bertz CT molecular complexity index is 1260. The van der Waals surface area contributed by atoms with Crippen LogP contribution in [-0.2, 0) is 16.2 Å². The van der Waals surface area contributed by atoms with E-state index in [1.165, 1.54) is 12.1 Å². The number of amides is 3. The molecule has 4 rings (SSSR count). The van der Waals surface area contributed by atoms with Gasteiger partial charge in [0.15, 0.2) is 0 Å². The van der Waals surface area contributed by atoms with E-state index in [2.05, 4.69) is 21.2 Å². The van der Waals surface area contributed by atoms with Gasteiger partial charge in [-0.1, -0.05) is 36.4 Å². The van der Waals surface area contributed by atoms with E-state index in [1.807, 2.05) is 6.07 Å². The van der Waals surface area contributed by atoms with Crippen molar-refractivity contribution in [2.75, 3.05) is 11.9 Å². The summed E-state index contributed by atoms with van der Waals surface area (Å²) in [6, 6.07) is 20.1. The molecule has 1 heterocycles. The number of halogens is 2. The average molecular weight is 541 g/mol. The van der Waals surface area contributed by atoms with Gasteiger partial charge in [0, 0.05) is 4.47 Å². The van der Waals surface area contributed by atoms with Crippen LogP contribution in [0.1, 0.15) is 11.1 Å². The van der Waals surface area contributed by atoms with E-state index in [4.69, 9.17) is 4.74 Å². The van der Waals surface area contributed by atoms with E-state index in [-0.39, 0.29) is 17.3 Å². The Morgan fingerprint density at radius 1 is 1.03 bits per heavy atom. The number of anilines is 1. The van der Waals surface area contributed by atoms with Crippen molar-refractivity contribution in [3.63, 3.8) is 0 Å². The molecule has 1 aliphatic heterocycles. The van der Waals surface area contributed by atoms with Gasteiger partial charge in [-0.2, -0.15) is 0 Å². The molecule has 6 nitrogen and oxygen atoms in total. The minimum atomic E-state index is -0.520. The lowest BCUT2D eigenvalue weighted by Gasteiger charge is -2.13. The van der Waals surface area contributed by atoms with Crippen LogP contribution in [0.25, 0.3) is 6.08 Å². The molecule has 3 amide bonds. The van der Waals surface area contributed by atoms with Crippen molar-refractivity contribution < 1.29 is 23.5 Å². The van der Waals surface area contributed by atoms with Gasteiger partial charge in [0.1, 0.15) is 24.7 Å². The molecule has 1 aliphatic rings. The lowest BCUT2D eigenvalue weighted by molar-refractivity contribution is -0.127. The lowest BCUT2D eigenvalue weighted by atomic mass is 10.2. The van der Waals surface area contributed by atoms with Crippen molar-refractivity contribution in [1.29, 1.82) is 0 Å². The summed E-state index contributed by atoms with van der Waals surface area (Å²) in [6.07, 6.45) is 1.60. The number of ether oxygens (including phenoxy) is 1. The first kappa shape index (κ1) is 23.7. The number of imide groups is 1. The van der Waals surface area contributed by atoms with Gasteiger partial charge in [-0.3, -0.25) is 19.3 Å². The fourth-order valence-corrected chi connectivity index (χ4v) is 4.31. The number of nitrogens with one attached hydrogen (secondary N) is 1. The topological polar surface area (TPSA) is 75.7 Å². The minimum absolute atomic E-state index is 0.235. The Morgan fingerprint density at radius 3 is 2.44 bits per heavy atom. The largest absolute Gasteiger partial charge is 0.489 e. The second-order valence-corrected chi connectivity index (χ2v) is 9.13. The van der Waals surface area contributed by atoms with Gasteiger partial charge in [-0.25, -0.2) is 4.39 Å². The van der Waals surface area contributed by atoms with Crippen LogP contribution in [0.3, 0.4) is 0 Å². The summed E-state index contributed by atoms with van der Waals surface area (Å²) in [5, 5.41) is 2.18. The van der Waals surface area contributed by atoms with Crippen molar-refractivity contribution in [1.82, 2.24) is 4.90 Å². The minimum Gasteiger partial charge on any atom is -0.489 e. The van der Waals surface area contributed by atoms with Gasteiger partial charge in [0.25, 0.3) is 11.1 Å². The molecule has 1 N–H and O–H groups in total. The number of carbonyl (C=O) groups is 3. The Morgan fingerprint density at radius 2 is 1.74 bits per heavy atom. The van der Waals surface area contributed by atoms with Crippen LogP contribution in [-0.4, -0.2) is 28.5 Å². The Kier molecular flexibility index (Phi) is 7.44. The molecule has 9 heteroatoms. The third-order valence-electron chi connectivity index (χ3n) is 4.82. The van der Waals surface area contributed by atoms with Gasteiger partial charge >= 0.3 is 0 Å². The van der Waals surface area contributed by atoms with E-state index >= 15 is 0 Å². The average Bonchev–Trinajstić information content (AvgIpc) is 3.08. The maximum absolute atomic E-state index is 13.0. The predicted octanol–water partition coefficient (Wildman–Crippen LogP) is 5.84. The summed E-state index contributed by atoms with van der Waals surface area (Å²) < 4.78 is 19.4. The van der Waals surface area contributed by atoms with Crippen molar-refractivity contribution >= 4 is 56.5 Å². The molecule has 0 unspecified atom stereocenters. The van der Waals surface area contributed by atoms with Crippen LogP contribution < -0.4 is 10.1 Å². The summed E-state index contributed by atoms with van der Waals surface area (Å²) in [7, 11) is 0. The van der Waals surface area contributed by atoms with E-state index < -0.39 is 17.1 Å². The molecular formula is C25H18BrFN2O4S. The molecule has 0 spiro atoms. The van der Waals surface area contributed by atoms with Gasteiger partial charge in [-0.05, 0) is 81.3 Å². The highest BCUT2D eigenvalue weighted by molar-refractivity contribution is 9.10. The van der Waals surface area contributed by atoms with E-state index in [0.29, 0.717) is 28.1 Å². The smallest absolute Gasteiger partial charge is 0.294 e. The standard InChI is InChI=1S/C25H18BrFN2O4S/c26-20-3-1-2-4-21(20)28-23(30)14-29-24(31)22(34-25(29)32)13-16-7-11-19(12-8-16)33-15-17-5-9-18(27)10-6-17/h1-13H,14-15H2,(H,28,30)/b22-13-. The first-order valence-corrected chi connectivity index (χ1v) is 11.8. The molecule has 0 atom stereocenters. The first-order valence-electron chi connectivity index (χ1n) is 10.2. The van der Waals surface area contributed by atoms with Crippen molar-refractivity contribution in [3.05, 3.63) is 99.1 Å². The molecule has 34 heavy (non-hydrogen) atoms. The Balaban J connectivity index is 1.36. The van der Waals surface area contributed by atoms with Gasteiger partial charge in [0.2, 0.25) is 5.91 Å². The molecule has 172 valence electrons. The second kappa shape index (κ2) is 10.7. The number of benzene rings is 3. The molecule has 3 aromatic rings. The van der Waals surface area contributed by atoms with E-state index in [9.17, 15) is 18.8 Å². The van der Waals surface area contributed by atoms with Gasteiger partial charge in [0.05, 0.1) is 10.6 Å². The number of nitrogens with zero attached hydrogens (tertiary/aromatic N) is 1. The number of hydrogen-bond donors (Lipinski definition) is 1. The highest BCUT2D eigenvalue weighted by Gasteiger charge is 2.36. The van der Waals surface area contributed by atoms with Crippen LogP contribution in [0.15, 0.2) is 82.2 Å². The molecule has 1 saturated heterocycles. The third kappa shape index (κ3) is 5.92. The molecule has 0 aliphatic carbocycles. The summed E-state index contributed by atoms with van der Waals surface area (Å²) in [4.78, 5) is 38.5. The SMILES string of the molecule is O=C(CN1C(=O)S/C(=C\c2ccc(OCc3ccc(F)cc3)cc2)C1=O)Nc1ccccc1Br. The maximum atomic E-state index is 13.0. The summed E-state index contributed by atoms with van der Waals surface area (Å²) >= 11 is 4.13. The normalized spacial score (nSPS) is 14.5. The number of para-hydroxylation sites is 1. The number of thioether (sulfide) groups is 1. The molecule has 0 saturated carbocycles. The van der Waals surface area contributed by atoms with Crippen LogP contribution in [0, 0.1) is 5.82 Å². The zero-order valence-electron chi connectivity index (χ0n) is 17.7. The molecule has 0 aromatic heterocycles. The maximum Gasteiger partial charge on any atom is 0.294 e. The van der Waals surface area contributed by atoms with E-state index in [0.717, 1.165) is 22.2 Å². The Labute approximate surface area is 207 Å². The molecule has 0 bridgehead atoms.